The number of nitrogens with one attached hydrogen (secondary N) is 1. The van der Waals surface area contributed by atoms with Gasteiger partial charge in [-0.15, -0.1) is 0 Å². The Kier molecular flexibility index (Phi) is 9.46. The van der Waals surface area contributed by atoms with Crippen LogP contribution in [0, 0.1) is 6.92 Å². The van der Waals surface area contributed by atoms with E-state index in [0.29, 0.717) is 47.6 Å². The zero-order valence-electron chi connectivity index (χ0n) is 20.1. The van der Waals surface area contributed by atoms with E-state index in [9.17, 15) is 5.11 Å². The van der Waals surface area contributed by atoms with Gasteiger partial charge in [0, 0.05) is 26.2 Å². The number of guanidine groups is 1. The van der Waals surface area contributed by atoms with Gasteiger partial charge in [0.15, 0.2) is 17.5 Å². The Morgan fingerprint density at radius 3 is 2.09 bits per heavy atom. The summed E-state index contributed by atoms with van der Waals surface area (Å²) in [5.41, 5.74) is 2.86. The maximum absolute atomic E-state index is 10.7. The molecule has 176 valence electrons. The SMILES string of the molecule is CCNC(=NCC(O)c1cc(OC)cc(OC)c1)N(C)Cc1cc(OC)c(OC)cc1C. The topological polar surface area (TPSA) is 84.8 Å². The van der Waals surface area contributed by atoms with E-state index in [1.165, 1.54) is 0 Å². The molecule has 0 aliphatic heterocycles. The number of aliphatic hydroxyl groups excluding tert-OH is 1. The molecule has 8 nitrogen and oxygen atoms in total. The lowest BCUT2D eigenvalue weighted by atomic mass is 10.1. The maximum Gasteiger partial charge on any atom is 0.194 e. The van der Waals surface area contributed by atoms with E-state index in [2.05, 4.69) is 10.3 Å². The van der Waals surface area contributed by atoms with Crippen molar-refractivity contribution in [3.63, 3.8) is 0 Å². The van der Waals surface area contributed by atoms with Crippen LogP contribution in [-0.4, -0.2) is 64.5 Å². The third-order valence-corrected chi connectivity index (χ3v) is 5.12. The van der Waals surface area contributed by atoms with E-state index in [1.807, 2.05) is 37.9 Å². The fourth-order valence-electron chi connectivity index (χ4n) is 3.29. The van der Waals surface area contributed by atoms with E-state index in [-0.39, 0.29) is 6.54 Å². The van der Waals surface area contributed by atoms with E-state index in [1.54, 1.807) is 46.6 Å². The highest BCUT2D eigenvalue weighted by Gasteiger charge is 2.15. The molecule has 0 fully saturated rings. The fourth-order valence-corrected chi connectivity index (χ4v) is 3.29. The van der Waals surface area contributed by atoms with E-state index in [0.717, 1.165) is 11.1 Å². The number of nitrogens with zero attached hydrogens (tertiary/aromatic N) is 2. The Bertz CT molecular complexity index is 894. The highest BCUT2D eigenvalue weighted by Crippen LogP contribution is 2.31. The molecule has 1 unspecified atom stereocenters. The van der Waals surface area contributed by atoms with Crippen LogP contribution in [0.5, 0.6) is 23.0 Å². The first-order chi connectivity index (χ1) is 15.4. The first-order valence-electron chi connectivity index (χ1n) is 10.5. The van der Waals surface area contributed by atoms with Crippen molar-refractivity contribution in [2.24, 2.45) is 4.99 Å². The summed E-state index contributed by atoms with van der Waals surface area (Å²) in [6.07, 6.45) is -0.802. The van der Waals surface area contributed by atoms with Gasteiger partial charge < -0.3 is 34.3 Å². The summed E-state index contributed by atoms with van der Waals surface area (Å²) in [6, 6.07) is 9.28. The number of rotatable bonds is 10. The summed E-state index contributed by atoms with van der Waals surface area (Å²) < 4.78 is 21.4. The Balaban J connectivity index is 2.20. The zero-order valence-corrected chi connectivity index (χ0v) is 20.1. The van der Waals surface area contributed by atoms with Crippen molar-refractivity contribution >= 4 is 5.96 Å². The predicted octanol–water partition coefficient (Wildman–Crippen LogP) is 3.16. The van der Waals surface area contributed by atoms with Gasteiger partial charge in [0.05, 0.1) is 41.1 Å². The molecule has 0 amide bonds. The van der Waals surface area contributed by atoms with Crippen LogP contribution in [0.25, 0.3) is 0 Å². The molecule has 0 saturated heterocycles. The lowest BCUT2D eigenvalue weighted by molar-refractivity contribution is 0.185. The lowest BCUT2D eigenvalue weighted by Crippen LogP contribution is -2.39. The number of methoxy groups -OCH3 is 4. The average molecular weight is 446 g/mol. The zero-order chi connectivity index (χ0) is 23.7. The summed E-state index contributed by atoms with van der Waals surface area (Å²) in [4.78, 5) is 6.66. The molecule has 1 atom stereocenters. The normalized spacial score (nSPS) is 12.2. The number of benzene rings is 2. The summed E-state index contributed by atoms with van der Waals surface area (Å²) >= 11 is 0. The molecular weight excluding hydrogens is 410 g/mol. The van der Waals surface area contributed by atoms with Gasteiger partial charge in [0.2, 0.25) is 0 Å². The minimum Gasteiger partial charge on any atom is -0.497 e. The van der Waals surface area contributed by atoms with Gasteiger partial charge >= 0.3 is 0 Å². The highest BCUT2D eigenvalue weighted by molar-refractivity contribution is 5.79. The molecule has 2 N–H and O–H groups in total. The number of aliphatic hydroxyl groups is 1. The van der Waals surface area contributed by atoms with Crippen molar-refractivity contribution in [2.45, 2.75) is 26.5 Å². The second-order valence-corrected chi connectivity index (χ2v) is 7.35. The highest BCUT2D eigenvalue weighted by atomic mass is 16.5. The van der Waals surface area contributed by atoms with Crippen LogP contribution in [0.4, 0.5) is 0 Å². The van der Waals surface area contributed by atoms with E-state index < -0.39 is 6.10 Å². The van der Waals surface area contributed by atoms with Gasteiger partial charge in [0.25, 0.3) is 0 Å². The predicted molar refractivity (Wildman–Crippen MR) is 126 cm³/mol. The van der Waals surface area contributed by atoms with Crippen LogP contribution in [0.1, 0.15) is 29.7 Å². The first-order valence-corrected chi connectivity index (χ1v) is 10.5. The molecule has 0 aliphatic rings. The molecule has 0 spiro atoms. The molecule has 0 bridgehead atoms. The average Bonchev–Trinajstić information content (AvgIpc) is 2.81. The van der Waals surface area contributed by atoms with Crippen molar-refractivity contribution in [3.05, 3.63) is 47.0 Å². The summed E-state index contributed by atoms with van der Waals surface area (Å²) in [5.74, 6) is 3.32. The summed E-state index contributed by atoms with van der Waals surface area (Å²) in [5, 5.41) is 14.0. The molecule has 2 rings (SSSR count). The third-order valence-electron chi connectivity index (χ3n) is 5.12. The van der Waals surface area contributed by atoms with E-state index in [4.69, 9.17) is 18.9 Å². The molecule has 0 radical (unpaired) electrons. The Hall–Kier alpha value is -3.13. The van der Waals surface area contributed by atoms with Crippen LogP contribution >= 0.6 is 0 Å². The van der Waals surface area contributed by atoms with Crippen LogP contribution < -0.4 is 24.3 Å². The molecule has 2 aromatic carbocycles. The van der Waals surface area contributed by atoms with Crippen LogP contribution in [0.15, 0.2) is 35.3 Å². The molecule has 0 aliphatic carbocycles. The molecule has 0 heterocycles. The summed E-state index contributed by atoms with van der Waals surface area (Å²) in [7, 11) is 8.37. The van der Waals surface area contributed by atoms with Gasteiger partial charge in [-0.2, -0.15) is 0 Å². The molecule has 0 aromatic heterocycles. The molecular formula is C24H35N3O5. The Morgan fingerprint density at radius 1 is 0.969 bits per heavy atom. The smallest absolute Gasteiger partial charge is 0.194 e. The van der Waals surface area contributed by atoms with Gasteiger partial charge in [0.1, 0.15) is 11.5 Å². The van der Waals surface area contributed by atoms with Crippen molar-refractivity contribution in [1.29, 1.82) is 0 Å². The lowest BCUT2D eigenvalue weighted by Gasteiger charge is -2.24. The van der Waals surface area contributed by atoms with Crippen molar-refractivity contribution < 1.29 is 24.1 Å². The quantitative estimate of drug-likeness (QED) is 0.429. The number of ether oxygens (including phenoxy) is 4. The Labute approximate surface area is 190 Å². The van der Waals surface area contributed by atoms with Gasteiger partial charge in [-0.1, -0.05) is 0 Å². The number of aryl methyl sites for hydroxylation is 1. The fraction of sp³-hybridized carbons (Fsp3) is 0.458. The van der Waals surface area contributed by atoms with Crippen LogP contribution in [0.3, 0.4) is 0 Å². The molecule has 2 aromatic rings. The largest absolute Gasteiger partial charge is 0.497 e. The molecule has 32 heavy (non-hydrogen) atoms. The standard InChI is InChI=1S/C24H35N3O5/c1-8-25-24(26-14-21(28)17-10-19(29-4)13-20(11-17)30-5)27(3)15-18-12-23(32-7)22(31-6)9-16(18)2/h9-13,21,28H,8,14-15H2,1-7H3,(H,25,26). The minimum absolute atomic E-state index is 0.188. The van der Waals surface area contributed by atoms with Crippen LogP contribution in [0.2, 0.25) is 0 Å². The number of hydrogen-bond donors (Lipinski definition) is 2. The molecule has 0 saturated carbocycles. The van der Waals surface area contributed by atoms with E-state index >= 15 is 0 Å². The minimum atomic E-state index is -0.802. The summed E-state index contributed by atoms with van der Waals surface area (Å²) in [6.45, 7) is 5.55. The van der Waals surface area contributed by atoms with Gasteiger partial charge in [-0.05, 0) is 54.8 Å². The van der Waals surface area contributed by atoms with Crippen molar-refractivity contribution in [2.75, 3.05) is 48.6 Å². The Morgan fingerprint density at radius 2 is 1.56 bits per heavy atom. The van der Waals surface area contributed by atoms with Crippen molar-refractivity contribution in [3.8, 4) is 23.0 Å². The van der Waals surface area contributed by atoms with Crippen molar-refractivity contribution in [1.82, 2.24) is 10.2 Å². The number of hydrogen-bond acceptors (Lipinski definition) is 6. The van der Waals surface area contributed by atoms with Crippen LogP contribution in [-0.2, 0) is 6.54 Å². The number of aliphatic imine (C=N–C) groups is 1. The maximum atomic E-state index is 10.7. The van der Waals surface area contributed by atoms with Gasteiger partial charge in [-0.25, -0.2) is 0 Å². The van der Waals surface area contributed by atoms with Gasteiger partial charge in [-0.3, -0.25) is 4.99 Å². The second-order valence-electron chi connectivity index (χ2n) is 7.35. The first kappa shape index (κ1) is 25.1. The third kappa shape index (κ3) is 6.43. The second kappa shape index (κ2) is 12.0. The monoisotopic (exact) mass is 445 g/mol. The molecule has 8 heteroatoms.